The first kappa shape index (κ1) is 23.8. The molecule has 5 nitrogen and oxygen atoms in total. The number of thiophene rings is 1. The van der Waals surface area contributed by atoms with Gasteiger partial charge in [-0.2, -0.15) is 0 Å². The van der Waals surface area contributed by atoms with E-state index in [2.05, 4.69) is 89.5 Å². The minimum atomic E-state index is 0.639. The molecule has 0 fully saturated rings. The third-order valence-electron chi connectivity index (χ3n) is 8.57. The Morgan fingerprint density at radius 1 is 0.477 bits per heavy atom. The van der Waals surface area contributed by atoms with Crippen molar-refractivity contribution in [2.75, 3.05) is 0 Å². The van der Waals surface area contributed by atoms with Crippen LogP contribution in [0.15, 0.2) is 127 Å². The Bertz CT molecular complexity index is 2780. The first-order valence-electron chi connectivity index (χ1n) is 14.6. The minimum Gasteiger partial charge on any atom is -0.276 e. The van der Waals surface area contributed by atoms with Gasteiger partial charge >= 0.3 is 0 Å². The van der Waals surface area contributed by atoms with E-state index in [0.717, 1.165) is 76.1 Å². The Morgan fingerprint density at radius 3 is 1.89 bits per heavy atom. The van der Waals surface area contributed by atoms with Crippen molar-refractivity contribution in [3.8, 4) is 17.2 Å². The predicted octanol–water partition coefficient (Wildman–Crippen LogP) is 9.86. The van der Waals surface area contributed by atoms with Gasteiger partial charge < -0.3 is 0 Å². The van der Waals surface area contributed by atoms with E-state index < -0.39 is 0 Å². The molecule has 10 aromatic rings. The summed E-state index contributed by atoms with van der Waals surface area (Å²) in [5, 5.41) is 5.52. The molecule has 4 aromatic heterocycles. The van der Waals surface area contributed by atoms with Gasteiger partial charge in [-0.15, -0.1) is 11.3 Å². The Balaban J connectivity index is 1.47. The van der Waals surface area contributed by atoms with E-state index in [9.17, 15) is 0 Å². The molecule has 10 rings (SSSR count). The average molecular weight is 580 g/mol. The zero-order chi connectivity index (χ0) is 28.8. The van der Waals surface area contributed by atoms with Crippen LogP contribution in [-0.2, 0) is 0 Å². The standard InChI is InChI=1S/C38H21N5S/c1-2-12-22(13-3-1)33-23-14-4-7-17-26(23)41-38(42-33)43-29-20-10-5-15-24(29)31-34-35(40-28-19-9-8-18-27(28)39-34)32-25-16-6-11-21-30(25)44-37(32)36(31)43/h1-21H. The molecule has 6 aromatic carbocycles. The minimum absolute atomic E-state index is 0.639. The van der Waals surface area contributed by atoms with E-state index in [1.54, 1.807) is 11.3 Å². The maximum atomic E-state index is 5.33. The molecule has 44 heavy (non-hydrogen) atoms. The highest BCUT2D eigenvalue weighted by molar-refractivity contribution is 7.27. The molecule has 4 heterocycles. The number of rotatable bonds is 2. The van der Waals surface area contributed by atoms with E-state index in [-0.39, 0.29) is 0 Å². The van der Waals surface area contributed by atoms with Crippen LogP contribution in [0.5, 0.6) is 0 Å². The number of fused-ring (bicyclic) bond motifs is 12. The molecule has 0 saturated heterocycles. The van der Waals surface area contributed by atoms with Crippen LogP contribution in [0.1, 0.15) is 0 Å². The van der Waals surface area contributed by atoms with Crippen LogP contribution in [-0.4, -0.2) is 24.5 Å². The molecule has 0 N–H and O–H groups in total. The molecule has 0 amide bonds. The Morgan fingerprint density at radius 2 is 1.09 bits per heavy atom. The van der Waals surface area contributed by atoms with Gasteiger partial charge in [0.05, 0.1) is 43.5 Å². The first-order chi connectivity index (χ1) is 21.8. The molecule has 0 aliphatic heterocycles. The molecule has 0 unspecified atom stereocenters. The summed E-state index contributed by atoms with van der Waals surface area (Å²) < 4.78 is 4.62. The van der Waals surface area contributed by atoms with Crippen LogP contribution in [0, 0.1) is 0 Å². The lowest BCUT2D eigenvalue weighted by atomic mass is 10.1. The van der Waals surface area contributed by atoms with Crippen LogP contribution in [0.25, 0.3) is 92.2 Å². The summed E-state index contributed by atoms with van der Waals surface area (Å²) in [5.74, 6) is 0.639. The second-order valence-corrected chi connectivity index (χ2v) is 12.1. The quantitative estimate of drug-likeness (QED) is 0.191. The van der Waals surface area contributed by atoms with Gasteiger partial charge in [0.2, 0.25) is 5.95 Å². The van der Waals surface area contributed by atoms with Gasteiger partial charge in [-0.25, -0.2) is 19.9 Å². The second kappa shape index (κ2) is 8.89. The smallest absolute Gasteiger partial charge is 0.235 e. The normalized spacial score (nSPS) is 12.1. The molecule has 0 aliphatic carbocycles. The van der Waals surface area contributed by atoms with Crippen molar-refractivity contribution in [3.63, 3.8) is 0 Å². The largest absolute Gasteiger partial charge is 0.276 e. The zero-order valence-corrected chi connectivity index (χ0v) is 24.1. The summed E-state index contributed by atoms with van der Waals surface area (Å²) >= 11 is 1.80. The highest BCUT2D eigenvalue weighted by Gasteiger charge is 2.25. The third kappa shape index (κ3) is 3.23. The van der Waals surface area contributed by atoms with Crippen LogP contribution in [0.2, 0.25) is 0 Å². The fourth-order valence-electron chi connectivity index (χ4n) is 6.68. The summed E-state index contributed by atoms with van der Waals surface area (Å²) in [6, 6.07) is 43.9. The van der Waals surface area contributed by atoms with Gasteiger partial charge in [-0.1, -0.05) is 97.1 Å². The second-order valence-electron chi connectivity index (χ2n) is 11.0. The number of nitrogens with zero attached hydrogens (tertiary/aromatic N) is 5. The molecule has 0 spiro atoms. The lowest BCUT2D eigenvalue weighted by Gasteiger charge is -2.12. The molecule has 0 bridgehead atoms. The summed E-state index contributed by atoms with van der Waals surface area (Å²) in [7, 11) is 0. The summed E-state index contributed by atoms with van der Waals surface area (Å²) in [6.45, 7) is 0. The number of para-hydroxylation sites is 4. The van der Waals surface area contributed by atoms with Gasteiger partial charge in [-0.05, 0) is 30.3 Å². The van der Waals surface area contributed by atoms with Crippen LogP contribution < -0.4 is 0 Å². The van der Waals surface area contributed by atoms with E-state index in [0.29, 0.717) is 5.95 Å². The molecular formula is C38H21N5S. The Labute approximate surface area is 254 Å². The zero-order valence-electron chi connectivity index (χ0n) is 23.3. The lowest BCUT2D eigenvalue weighted by Crippen LogP contribution is -2.03. The molecule has 0 saturated carbocycles. The first-order valence-corrected chi connectivity index (χ1v) is 15.4. The van der Waals surface area contributed by atoms with Crippen LogP contribution in [0.3, 0.4) is 0 Å². The van der Waals surface area contributed by atoms with Gasteiger partial charge in [0.15, 0.2) is 0 Å². The number of hydrogen-bond acceptors (Lipinski definition) is 5. The van der Waals surface area contributed by atoms with Crippen molar-refractivity contribution < 1.29 is 0 Å². The van der Waals surface area contributed by atoms with E-state index in [1.807, 2.05) is 42.5 Å². The van der Waals surface area contributed by atoms with Crippen molar-refractivity contribution >= 4 is 86.3 Å². The summed E-state index contributed by atoms with van der Waals surface area (Å²) in [6.07, 6.45) is 0. The molecule has 204 valence electrons. The van der Waals surface area contributed by atoms with Gasteiger partial charge in [0.1, 0.15) is 5.52 Å². The summed E-state index contributed by atoms with van der Waals surface area (Å²) in [4.78, 5) is 21.1. The van der Waals surface area contributed by atoms with Crippen molar-refractivity contribution in [1.29, 1.82) is 0 Å². The maximum absolute atomic E-state index is 5.33. The molecular weight excluding hydrogens is 559 g/mol. The fraction of sp³-hybridized carbons (Fsp3) is 0. The van der Waals surface area contributed by atoms with Crippen molar-refractivity contribution in [2.45, 2.75) is 0 Å². The highest BCUT2D eigenvalue weighted by Crippen LogP contribution is 2.47. The molecule has 0 aliphatic rings. The van der Waals surface area contributed by atoms with Crippen LogP contribution >= 0.6 is 11.3 Å². The van der Waals surface area contributed by atoms with E-state index in [1.165, 1.54) is 10.1 Å². The van der Waals surface area contributed by atoms with Gasteiger partial charge in [0.25, 0.3) is 0 Å². The molecule has 0 atom stereocenters. The Kier molecular flexibility index (Phi) is 4.81. The molecule has 0 radical (unpaired) electrons. The highest BCUT2D eigenvalue weighted by atomic mass is 32.1. The van der Waals surface area contributed by atoms with Crippen molar-refractivity contribution in [3.05, 3.63) is 127 Å². The monoisotopic (exact) mass is 579 g/mol. The van der Waals surface area contributed by atoms with Gasteiger partial charge in [-0.3, -0.25) is 4.57 Å². The number of benzene rings is 6. The Hall–Kier alpha value is -5.72. The summed E-state index contributed by atoms with van der Waals surface area (Å²) in [5.41, 5.74) is 8.58. The fourth-order valence-corrected chi connectivity index (χ4v) is 7.92. The maximum Gasteiger partial charge on any atom is 0.235 e. The van der Waals surface area contributed by atoms with E-state index in [4.69, 9.17) is 19.9 Å². The SMILES string of the molecule is c1ccc(-c2nc(-n3c4ccccc4c4c5nc6ccccc6nc5c5c6ccccc6sc5c43)nc3ccccc23)cc1. The molecule has 6 heteroatoms. The number of aromatic nitrogens is 5. The average Bonchev–Trinajstić information content (AvgIpc) is 3.64. The predicted molar refractivity (Wildman–Crippen MR) is 183 cm³/mol. The van der Waals surface area contributed by atoms with Gasteiger partial charge in [0, 0.05) is 37.2 Å². The van der Waals surface area contributed by atoms with E-state index >= 15 is 0 Å². The third-order valence-corrected chi connectivity index (χ3v) is 9.75. The van der Waals surface area contributed by atoms with Crippen molar-refractivity contribution in [2.24, 2.45) is 0 Å². The topological polar surface area (TPSA) is 56.5 Å². The van der Waals surface area contributed by atoms with Crippen molar-refractivity contribution in [1.82, 2.24) is 24.5 Å². The lowest BCUT2D eigenvalue weighted by molar-refractivity contribution is 1.02. The number of hydrogen-bond donors (Lipinski definition) is 0. The van der Waals surface area contributed by atoms with Crippen LogP contribution in [0.4, 0.5) is 0 Å².